The number of thiophene rings is 1. The fourth-order valence-electron chi connectivity index (χ4n) is 2.64. The third-order valence-corrected chi connectivity index (χ3v) is 7.05. The van der Waals surface area contributed by atoms with E-state index in [1.165, 1.54) is 11.3 Å². The van der Waals surface area contributed by atoms with Crippen molar-refractivity contribution in [3.8, 4) is 0 Å². The molecular weight excluding hydrogens is 292 g/mol. The number of rotatable bonds is 6. The van der Waals surface area contributed by atoms with Crippen molar-refractivity contribution in [1.29, 1.82) is 0 Å². The lowest BCUT2D eigenvalue weighted by atomic mass is 9.88. The fraction of sp³-hybridized carbons (Fsp3) is 0.714. The maximum atomic E-state index is 12.4. The molecule has 0 saturated heterocycles. The smallest absolute Gasteiger partial charge is 0.250 e. The molecule has 6 heteroatoms. The molecule has 1 saturated carbocycles. The lowest BCUT2D eigenvalue weighted by Gasteiger charge is -2.27. The summed E-state index contributed by atoms with van der Waals surface area (Å²) in [5.41, 5.74) is 0.0525. The largest absolute Gasteiger partial charge is 0.312 e. The molecular formula is C14H24N2O2S2. The van der Waals surface area contributed by atoms with Crippen LogP contribution < -0.4 is 10.0 Å². The van der Waals surface area contributed by atoms with Gasteiger partial charge in [0.1, 0.15) is 4.21 Å². The fourth-order valence-corrected chi connectivity index (χ4v) is 5.42. The zero-order valence-electron chi connectivity index (χ0n) is 12.4. The molecule has 0 amide bonds. The van der Waals surface area contributed by atoms with Crippen LogP contribution in [-0.2, 0) is 16.6 Å². The van der Waals surface area contributed by atoms with E-state index in [1.54, 1.807) is 6.07 Å². The van der Waals surface area contributed by atoms with Gasteiger partial charge in [-0.3, -0.25) is 0 Å². The van der Waals surface area contributed by atoms with Gasteiger partial charge >= 0.3 is 0 Å². The first kappa shape index (κ1) is 15.9. The predicted octanol–water partition coefficient (Wildman–Crippen LogP) is 2.71. The third kappa shape index (κ3) is 3.61. The molecule has 1 aromatic rings. The molecule has 1 unspecified atom stereocenters. The van der Waals surface area contributed by atoms with Gasteiger partial charge in [-0.25, -0.2) is 13.1 Å². The average molecular weight is 316 g/mol. The van der Waals surface area contributed by atoms with Crippen LogP contribution in [0.4, 0.5) is 0 Å². The Kier molecular flexibility index (Phi) is 4.89. The van der Waals surface area contributed by atoms with E-state index >= 15 is 0 Å². The number of sulfonamides is 1. The van der Waals surface area contributed by atoms with Crippen molar-refractivity contribution in [3.63, 3.8) is 0 Å². The highest BCUT2D eigenvalue weighted by atomic mass is 32.2. The van der Waals surface area contributed by atoms with Crippen molar-refractivity contribution in [1.82, 2.24) is 10.0 Å². The van der Waals surface area contributed by atoms with E-state index in [0.29, 0.717) is 4.21 Å². The first-order valence-corrected chi connectivity index (χ1v) is 9.47. The monoisotopic (exact) mass is 316 g/mol. The highest BCUT2D eigenvalue weighted by molar-refractivity contribution is 7.91. The molecule has 0 bridgehead atoms. The Labute approximate surface area is 126 Å². The number of hydrogen-bond acceptors (Lipinski definition) is 4. The van der Waals surface area contributed by atoms with Gasteiger partial charge in [-0.05, 0) is 36.9 Å². The molecule has 0 aliphatic heterocycles. The van der Waals surface area contributed by atoms with E-state index in [4.69, 9.17) is 0 Å². The van der Waals surface area contributed by atoms with E-state index in [2.05, 4.69) is 23.9 Å². The minimum absolute atomic E-state index is 0.0480. The van der Waals surface area contributed by atoms with Crippen molar-refractivity contribution in [3.05, 3.63) is 17.0 Å². The van der Waals surface area contributed by atoms with Crippen LogP contribution in [0, 0.1) is 5.41 Å². The zero-order chi connectivity index (χ0) is 14.8. The Morgan fingerprint density at radius 1 is 1.40 bits per heavy atom. The first-order valence-electron chi connectivity index (χ1n) is 7.17. The molecule has 1 aliphatic carbocycles. The minimum atomic E-state index is -3.38. The zero-order valence-corrected chi connectivity index (χ0v) is 14.0. The van der Waals surface area contributed by atoms with E-state index in [-0.39, 0.29) is 11.5 Å². The van der Waals surface area contributed by atoms with Crippen LogP contribution in [0.5, 0.6) is 0 Å². The summed E-state index contributed by atoms with van der Waals surface area (Å²) in [4.78, 5) is 1.05. The maximum absolute atomic E-state index is 12.4. The second-order valence-corrected chi connectivity index (χ2v) is 9.16. The summed E-state index contributed by atoms with van der Waals surface area (Å²) in [6, 6.07) is 3.65. The van der Waals surface area contributed by atoms with Gasteiger partial charge in [0.2, 0.25) is 10.0 Å². The molecule has 20 heavy (non-hydrogen) atoms. The van der Waals surface area contributed by atoms with E-state index < -0.39 is 10.0 Å². The average Bonchev–Trinajstić information content (AvgIpc) is 2.95. The van der Waals surface area contributed by atoms with Gasteiger partial charge < -0.3 is 5.32 Å². The van der Waals surface area contributed by atoms with Crippen LogP contribution in [0.2, 0.25) is 0 Å². The quantitative estimate of drug-likeness (QED) is 0.848. The van der Waals surface area contributed by atoms with Crippen molar-refractivity contribution in [2.24, 2.45) is 5.41 Å². The van der Waals surface area contributed by atoms with Gasteiger partial charge in [-0.2, -0.15) is 0 Å². The van der Waals surface area contributed by atoms with Gasteiger partial charge in [-0.15, -0.1) is 11.3 Å². The molecule has 4 nitrogen and oxygen atoms in total. The second kappa shape index (κ2) is 6.13. The topological polar surface area (TPSA) is 58.2 Å². The van der Waals surface area contributed by atoms with Crippen molar-refractivity contribution >= 4 is 21.4 Å². The SMILES string of the molecule is CCNCc1ccc(S(=O)(=O)NC2CCCC2(C)C)s1. The van der Waals surface area contributed by atoms with E-state index in [9.17, 15) is 8.42 Å². The molecule has 114 valence electrons. The van der Waals surface area contributed by atoms with E-state index in [1.807, 2.05) is 13.0 Å². The van der Waals surface area contributed by atoms with Crippen LogP contribution in [0.25, 0.3) is 0 Å². The van der Waals surface area contributed by atoms with Gasteiger partial charge in [0.15, 0.2) is 0 Å². The summed E-state index contributed by atoms with van der Waals surface area (Å²) in [7, 11) is -3.38. The lowest BCUT2D eigenvalue weighted by Crippen LogP contribution is -2.41. The van der Waals surface area contributed by atoms with Crippen molar-refractivity contribution in [2.75, 3.05) is 6.54 Å². The molecule has 0 aromatic carbocycles. The molecule has 0 spiro atoms. The maximum Gasteiger partial charge on any atom is 0.250 e. The summed E-state index contributed by atoms with van der Waals surface area (Å²) in [5.74, 6) is 0. The van der Waals surface area contributed by atoms with Gasteiger partial charge in [0.25, 0.3) is 0 Å². The molecule has 1 fully saturated rings. The van der Waals surface area contributed by atoms with Crippen LogP contribution in [0.3, 0.4) is 0 Å². The third-order valence-electron chi connectivity index (χ3n) is 4.01. The number of hydrogen-bond donors (Lipinski definition) is 2. The molecule has 2 N–H and O–H groups in total. The van der Waals surface area contributed by atoms with Crippen LogP contribution >= 0.6 is 11.3 Å². The van der Waals surface area contributed by atoms with Crippen LogP contribution in [-0.4, -0.2) is 21.0 Å². The van der Waals surface area contributed by atoms with Crippen molar-refractivity contribution < 1.29 is 8.42 Å². The summed E-state index contributed by atoms with van der Waals surface area (Å²) >= 11 is 1.35. The van der Waals surface area contributed by atoms with Gasteiger partial charge in [0.05, 0.1) is 0 Å². The Morgan fingerprint density at radius 2 is 2.15 bits per heavy atom. The van der Waals surface area contributed by atoms with E-state index in [0.717, 1.165) is 37.2 Å². The van der Waals surface area contributed by atoms with Crippen LogP contribution in [0.1, 0.15) is 44.9 Å². The molecule has 1 aliphatic rings. The normalized spacial score (nSPS) is 22.2. The highest BCUT2D eigenvalue weighted by Gasteiger charge is 2.37. The summed E-state index contributed by atoms with van der Waals surface area (Å²) in [5, 5.41) is 3.21. The molecule has 1 heterocycles. The summed E-state index contributed by atoms with van der Waals surface area (Å²) < 4.78 is 28.2. The standard InChI is InChI=1S/C14H24N2O2S2/c1-4-15-10-11-7-8-13(19-11)20(17,18)16-12-6-5-9-14(12,2)3/h7-8,12,15-16H,4-6,9-10H2,1-3H3. The second-order valence-electron chi connectivity index (χ2n) is 6.06. The van der Waals surface area contributed by atoms with Crippen LogP contribution in [0.15, 0.2) is 16.3 Å². The summed E-state index contributed by atoms with van der Waals surface area (Å²) in [6.45, 7) is 7.92. The Bertz CT molecular complexity index is 549. The molecule has 1 atom stereocenters. The molecule has 1 aromatic heterocycles. The highest BCUT2D eigenvalue weighted by Crippen LogP contribution is 2.38. The van der Waals surface area contributed by atoms with Gasteiger partial charge in [-0.1, -0.05) is 27.2 Å². The molecule has 2 rings (SSSR count). The Morgan fingerprint density at radius 3 is 2.75 bits per heavy atom. The minimum Gasteiger partial charge on any atom is -0.312 e. The Balaban J connectivity index is 2.08. The first-order chi connectivity index (χ1) is 9.35. The molecule has 0 radical (unpaired) electrons. The Hall–Kier alpha value is -0.430. The van der Waals surface area contributed by atoms with Crippen molar-refractivity contribution in [2.45, 2.75) is 56.8 Å². The van der Waals surface area contributed by atoms with Gasteiger partial charge in [0, 0.05) is 17.5 Å². The summed E-state index contributed by atoms with van der Waals surface area (Å²) in [6.07, 6.45) is 3.11. The lowest BCUT2D eigenvalue weighted by molar-refractivity contribution is 0.313. The number of nitrogens with one attached hydrogen (secondary N) is 2. The predicted molar refractivity (Wildman–Crippen MR) is 83.4 cm³/mol.